The van der Waals surface area contributed by atoms with Crippen molar-refractivity contribution in [2.45, 2.75) is 6.10 Å². The minimum atomic E-state index is -2.55. The van der Waals surface area contributed by atoms with Crippen molar-refractivity contribution in [2.75, 3.05) is 24.9 Å². The molecule has 0 bridgehead atoms. The summed E-state index contributed by atoms with van der Waals surface area (Å²) in [6.45, 7) is -5.34. The molecular weight excluding hydrogens is 388 g/mol. The van der Waals surface area contributed by atoms with E-state index in [1.165, 1.54) is 12.1 Å². The van der Waals surface area contributed by atoms with E-state index in [2.05, 4.69) is 10.6 Å². The highest BCUT2D eigenvalue weighted by atomic mass is 35.5. The van der Waals surface area contributed by atoms with E-state index in [0.29, 0.717) is 27.4 Å². The first-order valence-electron chi connectivity index (χ1n) is 10.9. The van der Waals surface area contributed by atoms with Crippen molar-refractivity contribution in [1.82, 2.24) is 5.32 Å². The summed E-state index contributed by atoms with van der Waals surface area (Å²) in [5.41, 5.74) is 2.18. The number of anilines is 1. The third-order valence-electron chi connectivity index (χ3n) is 4.19. The molecule has 0 aromatic heterocycles. The summed E-state index contributed by atoms with van der Waals surface area (Å²) < 4.78 is 32.9. The quantitative estimate of drug-likeness (QED) is 0.416. The predicted octanol–water partition coefficient (Wildman–Crippen LogP) is 4.44. The van der Waals surface area contributed by atoms with Gasteiger partial charge in [0.25, 0.3) is 0 Å². The maximum atomic E-state index is 11.2. The lowest BCUT2D eigenvalue weighted by Crippen LogP contribution is -2.26. The van der Waals surface area contributed by atoms with Crippen LogP contribution in [-0.4, -0.2) is 35.7 Å². The van der Waals surface area contributed by atoms with Crippen LogP contribution in [0, 0.1) is 0 Å². The largest absolute Gasteiger partial charge is 0.478 e. The van der Waals surface area contributed by atoms with Gasteiger partial charge in [0, 0.05) is 33.0 Å². The molecule has 0 fully saturated rings. The summed E-state index contributed by atoms with van der Waals surface area (Å²) in [5.74, 6) is -1.05. The summed E-state index contributed by atoms with van der Waals surface area (Å²) in [7, 11) is 0. The summed E-state index contributed by atoms with van der Waals surface area (Å²) in [4.78, 5) is 11.2. The van der Waals surface area contributed by atoms with Gasteiger partial charge in [0.1, 0.15) is 0 Å². The number of benzene rings is 3. The minimum Gasteiger partial charge on any atom is -0.478 e. The summed E-state index contributed by atoms with van der Waals surface area (Å²) in [6.07, 6.45) is -1.08. The molecule has 150 valence electrons. The van der Waals surface area contributed by atoms with Gasteiger partial charge in [-0.2, -0.15) is 0 Å². The summed E-state index contributed by atoms with van der Waals surface area (Å²) >= 11 is 5.92. The number of nitrogens with one attached hydrogen (secondary N) is 2. The molecule has 5 nitrogen and oxygen atoms in total. The first-order valence-corrected chi connectivity index (χ1v) is 9.27. The van der Waals surface area contributed by atoms with Crippen molar-refractivity contribution in [1.29, 1.82) is 0 Å². The van der Waals surface area contributed by atoms with E-state index in [9.17, 15) is 15.0 Å². The zero-order valence-corrected chi connectivity index (χ0v) is 16.1. The molecule has 6 heteroatoms. The Labute approximate surface area is 180 Å². The van der Waals surface area contributed by atoms with Crippen molar-refractivity contribution in [3.8, 4) is 11.1 Å². The predicted molar refractivity (Wildman–Crippen MR) is 117 cm³/mol. The molecule has 0 aliphatic heterocycles. The maximum absolute atomic E-state index is 11.2. The molecule has 0 saturated carbocycles. The van der Waals surface area contributed by atoms with E-state index in [0.717, 1.165) is 0 Å². The molecule has 3 aromatic rings. The van der Waals surface area contributed by atoms with E-state index in [1.807, 2.05) is 0 Å². The monoisotopic (exact) mass is 414 g/mol. The number of carboxylic acids is 1. The fourth-order valence-corrected chi connectivity index (χ4v) is 2.93. The third kappa shape index (κ3) is 6.06. The van der Waals surface area contributed by atoms with E-state index < -0.39 is 25.1 Å². The van der Waals surface area contributed by atoms with Crippen LogP contribution in [0.2, 0.25) is 5.02 Å². The van der Waals surface area contributed by atoms with Crippen LogP contribution in [0.5, 0.6) is 0 Å². The van der Waals surface area contributed by atoms with Crippen LogP contribution >= 0.6 is 11.6 Å². The molecular formula is C23H23ClN2O3. The molecule has 0 saturated heterocycles. The number of aliphatic hydroxyl groups is 1. The molecule has 0 spiro atoms. The Kier molecular flexibility index (Phi) is 5.55. The fraction of sp³-hybridized carbons (Fsp3) is 0.174. The number of carbonyl (C=O) groups is 1. The van der Waals surface area contributed by atoms with Crippen LogP contribution < -0.4 is 10.6 Å². The van der Waals surface area contributed by atoms with Crippen LogP contribution in [-0.2, 0) is 0 Å². The lowest BCUT2D eigenvalue weighted by Gasteiger charge is -2.13. The van der Waals surface area contributed by atoms with Crippen LogP contribution in [0.4, 0.5) is 5.69 Å². The molecule has 0 aliphatic rings. The fourth-order valence-electron chi connectivity index (χ4n) is 2.74. The van der Waals surface area contributed by atoms with Gasteiger partial charge in [0.05, 0.1) is 14.4 Å². The van der Waals surface area contributed by atoms with Gasteiger partial charge in [-0.15, -0.1) is 0 Å². The summed E-state index contributed by atoms with van der Waals surface area (Å²) in [6, 6.07) is 19.4. The lowest BCUT2D eigenvalue weighted by molar-refractivity contribution is 0.0697. The molecule has 3 rings (SSSR count). The molecule has 3 aromatic carbocycles. The third-order valence-corrected chi connectivity index (χ3v) is 4.43. The number of aliphatic hydroxyl groups excluding tert-OH is 1. The Morgan fingerprint density at radius 1 is 1.00 bits per heavy atom. The second-order valence-electron chi connectivity index (χ2n) is 6.29. The van der Waals surface area contributed by atoms with Crippen LogP contribution in [0.15, 0.2) is 72.8 Å². The second kappa shape index (κ2) is 10.1. The Hall–Kier alpha value is -2.86. The standard InChI is InChI=1S/C23H23ClN2O3/c24-20-8-2-6-18(13-20)22(27)15-25-10-11-26-21-9-3-5-17(14-21)16-4-1-7-19(12-16)23(28)29/h1-9,12-14,22,25-27H,10-11,15H2,(H,28,29)/t22-/m0/s1/i10D2,11D2. The molecule has 4 N–H and O–H groups in total. The highest BCUT2D eigenvalue weighted by Crippen LogP contribution is 2.23. The van der Waals surface area contributed by atoms with Gasteiger partial charge < -0.3 is 20.8 Å². The van der Waals surface area contributed by atoms with Crippen molar-refractivity contribution in [2.24, 2.45) is 0 Å². The average Bonchev–Trinajstić information content (AvgIpc) is 2.77. The van der Waals surface area contributed by atoms with Gasteiger partial charge >= 0.3 is 5.97 Å². The average molecular weight is 415 g/mol. The van der Waals surface area contributed by atoms with Crippen LogP contribution in [0.25, 0.3) is 11.1 Å². The normalized spacial score (nSPS) is 14.8. The van der Waals surface area contributed by atoms with Crippen molar-refractivity contribution in [3.63, 3.8) is 0 Å². The van der Waals surface area contributed by atoms with Gasteiger partial charge in [-0.05, 0) is 53.1 Å². The van der Waals surface area contributed by atoms with Gasteiger partial charge in [-0.25, -0.2) is 4.79 Å². The van der Waals surface area contributed by atoms with Gasteiger partial charge in [0.2, 0.25) is 0 Å². The van der Waals surface area contributed by atoms with Crippen molar-refractivity contribution >= 4 is 23.3 Å². The number of rotatable bonds is 9. The highest BCUT2D eigenvalue weighted by Gasteiger charge is 2.07. The Bertz CT molecular complexity index is 1140. The lowest BCUT2D eigenvalue weighted by atomic mass is 10.0. The first-order chi connectivity index (χ1) is 15.5. The number of aromatic carboxylic acids is 1. The molecule has 0 aliphatic carbocycles. The topological polar surface area (TPSA) is 81.6 Å². The summed E-state index contributed by atoms with van der Waals surface area (Å²) in [5, 5.41) is 24.9. The van der Waals surface area contributed by atoms with Crippen molar-refractivity contribution in [3.05, 3.63) is 88.9 Å². The molecule has 0 heterocycles. The van der Waals surface area contributed by atoms with E-state index in [-0.39, 0.29) is 12.1 Å². The number of carboxylic acid groups (broad SMARTS) is 1. The van der Waals surface area contributed by atoms with Crippen LogP contribution in [0.3, 0.4) is 0 Å². The smallest absolute Gasteiger partial charge is 0.335 e. The molecule has 1 atom stereocenters. The van der Waals surface area contributed by atoms with Crippen molar-refractivity contribution < 1.29 is 20.5 Å². The van der Waals surface area contributed by atoms with E-state index in [1.54, 1.807) is 60.7 Å². The zero-order chi connectivity index (χ0) is 24.2. The second-order valence-corrected chi connectivity index (χ2v) is 6.73. The first kappa shape index (κ1) is 16.0. The molecule has 29 heavy (non-hydrogen) atoms. The molecule has 0 radical (unpaired) electrons. The number of halogens is 1. The van der Waals surface area contributed by atoms with E-state index >= 15 is 0 Å². The van der Waals surface area contributed by atoms with E-state index in [4.69, 9.17) is 17.1 Å². The SMILES string of the molecule is [2H]C([2H])(NC[C@H](O)c1cccc(Cl)c1)C([2H])([2H])Nc1cccc(-c2cccc(C(=O)O)c2)c1. The Morgan fingerprint density at radius 2 is 1.72 bits per heavy atom. The van der Waals surface area contributed by atoms with Gasteiger partial charge in [-0.3, -0.25) is 0 Å². The number of hydrogen-bond donors (Lipinski definition) is 4. The Morgan fingerprint density at radius 3 is 2.48 bits per heavy atom. The molecule has 0 amide bonds. The van der Waals surface area contributed by atoms with Gasteiger partial charge in [0.15, 0.2) is 0 Å². The van der Waals surface area contributed by atoms with Crippen LogP contribution in [0.1, 0.15) is 27.5 Å². The highest BCUT2D eigenvalue weighted by molar-refractivity contribution is 6.30. The minimum absolute atomic E-state index is 0.125. The maximum Gasteiger partial charge on any atom is 0.335 e. The Balaban J connectivity index is 1.73. The zero-order valence-electron chi connectivity index (χ0n) is 19.4. The van der Waals surface area contributed by atoms with Gasteiger partial charge in [-0.1, -0.05) is 48.0 Å². The molecule has 0 unspecified atom stereocenters. The number of hydrogen-bond acceptors (Lipinski definition) is 4.